The lowest BCUT2D eigenvalue weighted by atomic mass is 10.2. The summed E-state index contributed by atoms with van der Waals surface area (Å²) in [5.41, 5.74) is 2.12. The van der Waals surface area contributed by atoms with Gasteiger partial charge in [0, 0.05) is 13.1 Å². The number of rotatable bonds is 6. The van der Waals surface area contributed by atoms with Gasteiger partial charge in [-0.1, -0.05) is 48.0 Å². The van der Waals surface area contributed by atoms with E-state index in [0.717, 1.165) is 11.1 Å². The quantitative estimate of drug-likeness (QED) is 0.779. The molecule has 0 saturated carbocycles. The molecule has 5 nitrogen and oxygen atoms in total. The van der Waals surface area contributed by atoms with Crippen molar-refractivity contribution in [1.82, 2.24) is 4.31 Å². The van der Waals surface area contributed by atoms with Crippen LogP contribution >= 0.6 is 0 Å². The van der Waals surface area contributed by atoms with E-state index in [1.165, 1.54) is 4.31 Å². The van der Waals surface area contributed by atoms with Crippen LogP contribution in [0.2, 0.25) is 0 Å². The van der Waals surface area contributed by atoms with E-state index >= 15 is 0 Å². The second-order valence-electron chi connectivity index (χ2n) is 6.70. The van der Waals surface area contributed by atoms with Crippen LogP contribution in [0.1, 0.15) is 18.1 Å². The van der Waals surface area contributed by atoms with Crippen molar-refractivity contribution in [2.24, 2.45) is 0 Å². The van der Waals surface area contributed by atoms with E-state index in [0.29, 0.717) is 31.2 Å². The zero-order chi connectivity index (χ0) is 18.6. The van der Waals surface area contributed by atoms with Gasteiger partial charge in [0.15, 0.2) is 0 Å². The number of hydrogen-bond donors (Lipinski definition) is 0. The SMILES string of the molecule is Cc1ccc(S(=O)(=O)N2C[C@H](COCc3ccccc3)O[C@H](C)C2)cc1. The number of sulfonamides is 1. The Balaban J connectivity index is 1.63. The third-order valence-electron chi connectivity index (χ3n) is 4.37. The van der Waals surface area contributed by atoms with Crippen molar-refractivity contribution in [2.75, 3.05) is 19.7 Å². The maximum Gasteiger partial charge on any atom is 0.243 e. The fourth-order valence-electron chi connectivity index (χ4n) is 3.03. The molecule has 1 saturated heterocycles. The normalized spacial score (nSPS) is 21.6. The Morgan fingerprint density at radius 1 is 1.08 bits per heavy atom. The molecular formula is C20H25NO4S. The van der Waals surface area contributed by atoms with Crippen molar-refractivity contribution in [3.63, 3.8) is 0 Å². The highest BCUT2D eigenvalue weighted by Gasteiger charge is 2.33. The lowest BCUT2D eigenvalue weighted by Gasteiger charge is -2.35. The van der Waals surface area contributed by atoms with Crippen LogP contribution in [-0.4, -0.2) is 44.6 Å². The summed E-state index contributed by atoms with van der Waals surface area (Å²) < 4.78 is 38.9. The average molecular weight is 375 g/mol. The third kappa shape index (κ3) is 4.71. The Morgan fingerprint density at radius 3 is 2.46 bits per heavy atom. The predicted molar refractivity (Wildman–Crippen MR) is 100 cm³/mol. The summed E-state index contributed by atoms with van der Waals surface area (Å²) in [5, 5.41) is 0. The van der Waals surface area contributed by atoms with E-state index in [1.54, 1.807) is 12.1 Å². The van der Waals surface area contributed by atoms with Crippen LogP contribution in [0.5, 0.6) is 0 Å². The minimum absolute atomic E-state index is 0.172. The Morgan fingerprint density at radius 2 is 1.77 bits per heavy atom. The molecule has 6 heteroatoms. The first kappa shape index (κ1) is 19.0. The lowest BCUT2D eigenvalue weighted by Crippen LogP contribution is -2.50. The summed E-state index contributed by atoms with van der Waals surface area (Å²) in [6.45, 7) is 5.33. The lowest BCUT2D eigenvalue weighted by molar-refractivity contribution is -0.0913. The minimum atomic E-state index is -3.52. The molecule has 2 aromatic rings. The molecular weight excluding hydrogens is 350 g/mol. The van der Waals surface area contributed by atoms with Crippen molar-refractivity contribution < 1.29 is 17.9 Å². The zero-order valence-electron chi connectivity index (χ0n) is 15.2. The molecule has 0 N–H and O–H groups in total. The van der Waals surface area contributed by atoms with Crippen LogP contribution in [0, 0.1) is 6.92 Å². The molecule has 1 heterocycles. The first-order chi connectivity index (χ1) is 12.4. The van der Waals surface area contributed by atoms with Crippen molar-refractivity contribution in [1.29, 1.82) is 0 Å². The van der Waals surface area contributed by atoms with Crippen molar-refractivity contribution in [3.05, 3.63) is 65.7 Å². The molecule has 1 aliphatic rings. The molecule has 1 fully saturated rings. The standard InChI is InChI=1S/C20H25NO4S/c1-16-8-10-20(11-9-16)26(22,23)21-12-17(2)25-19(13-21)15-24-14-18-6-4-3-5-7-18/h3-11,17,19H,12-15H2,1-2H3/t17-,19-/m1/s1. The maximum absolute atomic E-state index is 12.9. The summed E-state index contributed by atoms with van der Waals surface area (Å²) in [6, 6.07) is 16.8. The Labute approximate surface area is 155 Å². The van der Waals surface area contributed by atoms with Gasteiger partial charge >= 0.3 is 0 Å². The number of hydrogen-bond acceptors (Lipinski definition) is 4. The molecule has 0 aromatic heterocycles. The van der Waals surface area contributed by atoms with Gasteiger partial charge in [0.2, 0.25) is 10.0 Å². The van der Waals surface area contributed by atoms with Crippen molar-refractivity contribution in [3.8, 4) is 0 Å². The van der Waals surface area contributed by atoms with Gasteiger partial charge < -0.3 is 9.47 Å². The topological polar surface area (TPSA) is 55.8 Å². The average Bonchev–Trinajstić information content (AvgIpc) is 2.62. The molecule has 0 amide bonds. The molecule has 0 radical (unpaired) electrons. The van der Waals surface area contributed by atoms with E-state index in [2.05, 4.69) is 0 Å². The number of morpholine rings is 1. The largest absolute Gasteiger partial charge is 0.374 e. The predicted octanol–water partition coefficient (Wildman–Crippen LogP) is 2.99. The van der Waals surface area contributed by atoms with E-state index in [4.69, 9.17) is 9.47 Å². The van der Waals surface area contributed by atoms with Crippen LogP contribution in [0.3, 0.4) is 0 Å². The van der Waals surface area contributed by atoms with Crippen LogP contribution in [0.4, 0.5) is 0 Å². The van der Waals surface area contributed by atoms with Crippen LogP contribution < -0.4 is 0 Å². The smallest absolute Gasteiger partial charge is 0.243 e. The summed E-state index contributed by atoms with van der Waals surface area (Å²) >= 11 is 0. The minimum Gasteiger partial charge on any atom is -0.374 e. The van der Waals surface area contributed by atoms with Crippen LogP contribution in [-0.2, 0) is 26.1 Å². The Hall–Kier alpha value is -1.73. The van der Waals surface area contributed by atoms with Gasteiger partial charge in [0.25, 0.3) is 0 Å². The molecule has 1 aliphatic heterocycles. The molecule has 26 heavy (non-hydrogen) atoms. The zero-order valence-corrected chi connectivity index (χ0v) is 16.0. The number of nitrogens with zero attached hydrogens (tertiary/aromatic N) is 1. The first-order valence-corrected chi connectivity index (χ1v) is 10.2. The van der Waals surface area contributed by atoms with E-state index < -0.39 is 10.0 Å². The fraction of sp³-hybridized carbons (Fsp3) is 0.400. The molecule has 3 rings (SSSR count). The molecule has 2 atom stereocenters. The Kier molecular flexibility index (Phi) is 6.09. The van der Waals surface area contributed by atoms with Gasteiger partial charge in [-0.25, -0.2) is 8.42 Å². The van der Waals surface area contributed by atoms with Crippen LogP contribution in [0.25, 0.3) is 0 Å². The maximum atomic E-state index is 12.9. The van der Waals surface area contributed by atoms with Gasteiger partial charge in [-0.05, 0) is 31.5 Å². The monoisotopic (exact) mass is 375 g/mol. The highest BCUT2D eigenvalue weighted by Crippen LogP contribution is 2.22. The molecule has 0 spiro atoms. The van der Waals surface area contributed by atoms with Crippen molar-refractivity contribution in [2.45, 2.75) is 37.6 Å². The first-order valence-electron chi connectivity index (χ1n) is 8.79. The van der Waals surface area contributed by atoms with E-state index in [9.17, 15) is 8.42 Å². The number of aryl methyl sites for hydroxylation is 1. The molecule has 2 aromatic carbocycles. The third-order valence-corrected chi connectivity index (χ3v) is 6.21. The summed E-state index contributed by atoms with van der Waals surface area (Å²) in [7, 11) is -3.52. The second-order valence-corrected chi connectivity index (χ2v) is 8.64. The second kappa shape index (κ2) is 8.31. The van der Waals surface area contributed by atoms with E-state index in [-0.39, 0.29) is 12.2 Å². The molecule has 140 valence electrons. The van der Waals surface area contributed by atoms with Gasteiger partial charge in [-0.15, -0.1) is 0 Å². The number of ether oxygens (including phenoxy) is 2. The summed E-state index contributed by atoms with van der Waals surface area (Å²) in [6.07, 6.45) is -0.447. The fourth-order valence-corrected chi connectivity index (χ4v) is 4.58. The van der Waals surface area contributed by atoms with Gasteiger partial charge in [-0.3, -0.25) is 0 Å². The summed E-state index contributed by atoms with van der Waals surface area (Å²) in [5.74, 6) is 0. The molecule has 0 bridgehead atoms. The van der Waals surface area contributed by atoms with Crippen LogP contribution in [0.15, 0.2) is 59.5 Å². The van der Waals surface area contributed by atoms with Gasteiger partial charge in [0.05, 0.1) is 30.3 Å². The highest BCUT2D eigenvalue weighted by atomic mass is 32.2. The van der Waals surface area contributed by atoms with Crippen molar-refractivity contribution >= 4 is 10.0 Å². The Bertz CT molecular complexity index is 805. The molecule has 0 aliphatic carbocycles. The number of benzene rings is 2. The van der Waals surface area contributed by atoms with Gasteiger partial charge in [0.1, 0.15) is 0 Å². The van der Waals surface area contributed by atoms with Gasteiger partial charge in [-0.2, -0.15) is 4.31 Å². The molecule has 0 unspecified atom stereocenters. The highest BCUT2D eigenvalue weighted by molar-refractivity contribution is 7.89. The van der Waals surface area contributed by atoms with E-state index in [1.807, 2.05) is 56.3 Å². The summed E-state index contributed by atoms with van der Waals surface area (Å²) in [4.78, 5) is 0.321.